The summed E-state index contributed by atoms with van der Waals surface area (Å²) in [5.41, 5.74) is 3.17. The molecule has 9 nitrogen and oxygen atoms in total. The first-order chi connectivity index (χ1) is 17.7. The van der Waals surface area contributed by atoms with E-state index >= 15 is 0 Å². The van der Waals surface area contributed by atoms with Crippen LogP contribution in [0.5, 0.6) is 11.5 Å². The van der Waals surface area contributed by atoms with Gasteiger partial charge in [0.05, 0.1) is 18.4 Å². The quantitative estimate of drug-likeness (QED) is 0.291. The highest BCUT2D eigenvalue weighted by Crippen LogP contribution is 2.33. The maximum atomic E-state index is 12.7. The second-order valence-corrected chi connectivity index (χ2v) is 10.1. The fraction of sp³-hybridized carbons (Fsp3) is 0.333. The number of carbonyl (C=O) groups is 1. The molecule has 1 aromatic heterocycles. The van der Waals surface area contributed by atoms with Crippen LogP contribution in [0.3, 0.4) is 0 Å². The number of benzene rings is 2. The SMILES string of the molecule is COc1cc(CN(C(=O)OC(C)(C)C)C2CC2)ccc1Nc1ncc(-c2ccc(C#N)c(OI)c2)cn1. The van der Waals surface area contributed by atoms with Gasteiger partial charge in [-0.3, -0.25) is 0 Å². The molecule has 0 unspecified atom stereocenters. The molecule has 1 fully saturated rings. The van der Waals surface area contributed by atoms with Gasteiger partial charge < -0.3 is 22.8 Å². The van der Waals surface area contributed by atoms with Crippen molar-refractivity contribution in [1.82, 2.24) is 14.9 Å². The van der Waals surface area contributed by atoms with E-state index in [1.54, 1.807) is 59.5 Å². The molecule has 4 rings (SSSR count). The number of methoxy groups -OCH3 is 1. The van der Waals surface area contributed by atoms with Crippen LogP contribution >= 0.6 is 23.0 Å². The molecule has 1 aliphatic rings. The van der Waals surface area contributed by atoms with Crippen molar-refractivity contribution in [2.45, 2.75) is 51.8 Å². The van der Waals surface area contributed by atoms with Gasteiger partial charge in [0, 0.05) is 30.5 Å². The molecule has 0 atom stereocenters. The Morgan fingerprint density at radius 3 is 2.46 bits per heavy atom. The Morgan fingerprint density at radius 2 is 1.86 bits per heavy atom. The van der Waals surface area contributed by atoms with Gasteiger partial charge in [0.2, 0.25) is 5.95 Å². The topological polar surface area (TPSA) is 110 Å². The van der Waals surface area contributed by atoms with E-state index < -0.39 is 5.60 Å². The van der Waals surface area contributed by atoms with Crippen LogP contribution < -0.4 is 13.1 Å². The van der Waals surface area contributed by atoms with Gasteiger partial charge in [0.15, 0.2) is 28.8 Å². The number of amides is 1. The van der Waals surface area contributed by atoms with Crippen LogP contribution in [0.25, 0.3) is 11.1 Å². The highest BCUT2D eigenvalue weighted by atomic mass is 127. The fourth-order valence-corrected chi connectivity index (χ4v) is 4.07. The summed E-state index contributed by atoms with van der Waals surface area (Å²) in [5.74, 6) is 1.50. The minimum atomic E-state index is -0.545. The van der Waals surface area contributed by atoms with E-state index in [1.165, 1.54) is 0 Å². The molecule has 1 aliphatic carbocycles. The van der Waals surface area contributed by atoms with Crippen molar-refractivity contribution >= 4 is 40.7 Å². The van der Waals surface area contributed by atoms with Crippen molar-refractivity contribution in [2.75, 3.05) is 12.4 Å². The largest absolute Gasteiger partial charge is 0.495 e. The molecule has 37 heavy (non-hydrogen) atoms. The van der Waals surface area contributed by atoms with Gasteiger partial charge in [0.25, 0.3) is 0 Å². The Balaban J connectivity index is 1.48. The van der Waals surface area contributed by atoms with Gasteiger partial charge in [-0.05, 0) is 69.0 Å². The maximum Gasteiger partial charge on any atom is 0.410 e. The van der Waals surface area contributed by atoms with Crippen LogP contribution in [0.4, 0.5) is 16.4 Å². The van der Waals surface area contributed by atoms with Crippen molar-refractivity contribution in [1.29, 1.82) is 5.26 Å². The number of aromatic nitrogens is 2. The zero-order valence-electron chi connectivity index (χ0n) is 21.1. The average molecular weight is 613 g/mol. The Morgan fingerprint density at radius 1 is 1.14 bits per heavy atom. The number of nitrogens with one attached hydrogen (secondary N) is 1. The smallest absolute Gasteiger partial charge is 0.410 e. The summed E-state index contributed by atoms with van der Waals surface area (Å²) < 4.78 is 16.5. The first-order valence-corrected chi connectivity index (χ1v) is 12.7. The molecule has 2 aromatic carbocycles. The number of hydrogen-bond donors (Lipinski definition) is 1. The summed E-state index contributed by atoms with van der Waals surface area (Å²) in [7, 11) is 1.60. The first kappa shape index (κ1) is 26.5. The molecule has 192 valence electrons. The fourth-order valence-electron chi connectivity index (χ4n) is 3.70. The van der Waals surface area contributed by atoms with Crippen LogP contribution in [0.2, 0.25) is 0 Å². The van der Waals surface area contributed by atoms with Crippen molar-refractivity contribution in [3.05, 3.63) is 59.9 Å². The van der Waals surface area contributed by atoms with E-state index in [4.69, 9.17) is 12.5 Å². The van der Waals surface area contributed by atoms with E-state index in [0.29, 0.717) is 35.2 Å². The zero-order chi connectivity index (χ0) is 26.6. The molecule has 3 aromatic rings. The van der Waals surface area contributed by atoms with Crippen LogP contribution in [0.1, 0.15) is 44.7 Å². The van der Waals surface area contributed by atoms with Gasteiger partial charge >= 0.3 is 6.09 Å². The summed E-state index contributed by atoms with van der Waals surface area (Å²) in [6.07, 6.45) is 5.06. The normalized spacial score (nSPS) is 12.9. The number of nitriles is 1. The van der Waals surface area contributed by atoms with Gasteiger partial charge in [-0.25, -0.2) is 14.8 Å². The number of nitrogens with zero attached hydrogens (tertiary/aromatic N) is 4. The monoisotopic (exact) mass is 613 g/mol. The van der Waals surface area contributed by atoms with Crippen LogP contribution in [0, 0.1) is 11.3 Å². The Kier molecular flexibility index (Phi) is 8.02. The third-order valence-electron chi connectivity index (χ3n) is 5.65. The van der Waals surface area contributed by atoms with E-state index in [1.807, 2.05) is 45.0 Å². The lowest BCUT2D eigenvalue weighted by Crippen LogP contribution is -2.37. The highest BCUT2D eigenvalue weighted by molar-refractivity contribution is 14.1. The molecule has 0 bridgehead atoms. The van der Waals surface area contributed by atoms with Crippen LogP contribution in [-0.2, 0) is 11.3 Å². The Hall–Kier alpha value is -3.59. The molecule has 0 radical (unpaired) electrons. The molecule has 1 amide bonds. The van der Waals surface area contributed by atoms with Gasteiger partial charge in [-0.2, -0.15) is 5.26 Å². The predicted molar refractivity (Wildman–Crippen MR) is 148 cm³/mol. The number of hydrogen-bond acceptors (Lipinski definition) is 8. The van der Waals surface area contributed by atoms with Crippen molar-refractivity contribution in [3.8, 4) is 28.7 Å². The van der Waals surface area contributed by atoms with Crippen LogP contribution in [0.15, 0.2) is 48.8 Å². The standard InChI is InChI=1S/C27H28IN5O4/c1-27(2,3)36-26(34)33(21-8-9-21)16-17-5-10-22(24(11-17)35-4)32-25-30-14-20(15-31-25)18-6-7-19(13-29)23(12-18)37-28/h5-7,10-12,14-15,21H,8-9,16H2,1-4H3,(H,30,31,32). The van der Waals surface area contributed by atoms with Crippen molar-refractivity contribution in [3.63, 3.8) is 0 Å². The summed E-state index contributed by atoms with van der Waals surface area (Å²) in [6.45, 7) is 6.05. The number of halogens is 1. The summed E-state index contributed by atoms with van der Waals surface area (Å²) >= 11 is 1.76. The van der Waals surface area contributed by atoms with E-state index in [2.05, 4.69) is 21.4 Å². The third kappa shape index (κ3) is 6.80. The van der Waals surface area contributed by atoms with E-state index in [-0.39, 0.29) is 12.1 Å². The highest BCUT2D eigenvalue weighted by Gasteiger charge is 2.35. The molecule has 0 spiro atoms. The first-order valence-electron chi connectivity index (χ1n) is 11.8. The molecule has 1 heterocycles. The van der Waals surface area contributed by atoms with Gasteiger partial charge in [-0.1, -0.05) is 12.1 Å². The lowest BCUT2D eigenvalue weighted by Gasteiger charge is -2.27. The number of anilines is 2. The lowest BCUT2D eigenvalue weighted by molar-refractivity contribution is 0.0216. The molecule has 1 N–H and O–H groups in total. The number of rotatable bonds is 8. The molecule has 0 saturated heterocycles. The molecular weight excluding hydrogens is 585 g/mol. The van der Waals surface area contributed by atoms with E-state index in [0.717, 1.165) is 29.5 Å². The summed E-state index contributed by atoms with van der Waals surface area (Å²) in [5, 5.41) is 12.4. The van der Waals surface area contributed by atoms with Crippen LogP contribution in [-0.4, -0.2) is 39.7 Å². The lowest BCUT2D eigenvalue weighted by atomic mass is 10.1. The van der Waals surface area contributed by atoms with Gasteiger partial charge in [0.1, 0.15) is 17.4 Å². The van der Waals surface area contributed by atoms with E-state index in [9.17, 15) is 10.1 Å². The minimum Gasteiger partial charge on any atom is -0.495 e. The number of ether oxygens (including phenoxy) is 2. The Bertz CT molecular complexity index is 1310. The number of carbonyl (C=O) groups excluding carboxylic acids is 1. The zero-order valence-corrected chi connectivity index (χ0v) is 23.3. The minimum absolute atomic E-state index is 0.209. The molecule has 10 heteroatoms. The van der Waals surface area contributed by atoms with Crippen molar-refractivity contribution < 1.29 is 17.3 Å². The van der Waals surface area contributed by atoms with Crippen molar-refractivity contribution in [2.24, 2.45) is 0 Å². The molecule has 1 saturated carbocycles. The summed E-state index contributed by atoms with van der Waals surface area (Å²) in [6, 6.07) is 13.4. The maximum absolute atomic E-state index is 12.7. The van der Waals surface area contributed by atoms with Gasteiger partial charge in [-0.15, -0.1) is 0 Å². The molecular formula is C27H28IN5O4. The predicted octanol–water partition coefficient (Wildman–Crippen LogP) is 6.40. The average Bonchev–Trinajstić information content (AvgIpc) is 3.72. The second kappa shape index (κ2) is 11.2. The summed E-state index contributed by atoms with van der Waals surface area (Å²) in [4.78, 5) is 23.4. The third-order valence-corrected chi connectivity index (χ3v) is 6.13. The second-order valence-electron chi connectivity index (χ2n) is 9.69. The molecule has 0 aliphatic heterocycles. The Labute approximate surface area is 230 Å².